The number of carbonyl (C=O) groups is 3. The molecule has 150 valence electrons. The van der Waals surface area contributed by atoms with Crippen LogP contribution in [0.3, 0.4) is 0 Å². The van der Waals surface area contributed by atoms with Gasteiger partial charge in [-0.1, -0.05) is 42.5 Å². The summed E-state index contributed by atoms with van der Waals surface area (Å²) in [7, 11) is 0. The van der Waals surface area contributed by atoms with Crippen molar-refractivity contribution in [2.24, 2.45) is 0 Å². The Hall–Kier alpha value is -3.93. The third kappa shape index (κ3) is 3.80. The maximum absolute atomic E-state index is 12.6. The Morgan fingerprint density at radius 3 is 2.03 bits per heavy atom. The van der Waals surface area contributed by atoms with Crippen molar-refractivity contribution in [3.8, 4) is 5.75 Å². The lowest BCUT2D eigenvalue weighted by Gasteiger charge is -2.21. The van der Waals surface area contributed by atoms with E-state index in [9.17, 15) is 14.4 Å². The van der Waals surface area contributed by atoms with Gasteiger partial charge in [-0.2, -0.15) is 0 Å². The summed E-state index contributed by atoms with van der Waals surface area (Å²) in [5, 5.41) is 2.75. The molecule has 1 N–H and O–H groups in total. The summed E-state index contributed by atoms with van der Waals surface area (Å²) >= 11 is 0. The molecule has 6 heteroatoms. The molecule has 0 aliphatic carbocycles. The van der Waals surface area contributed by atoms with Crippen LogP contribution in [0.1, 0.15) is 33.2 Å². The van der Waals surface area contributed by atoms with Gasteiger partial charge >= 0.3 is 0 Å². The molecule has 6 nitrogen and oxygen atoms in total. The molecule has 1 aliphatic heterocycles. The highest BCUT2D eigenvalue weighted by Crippen LogP contribution is 2.25. The minimum Gasteiger partial charge on any atom is -0.489 e. The van der Waals surface area contributed by atoms with Gasteiger partial charge in [-0.25, -0.2) is 0 Å². The number of nitrogens with one attached hydrogen (secondary N) is 1. The molecule has 0 aromatic heterocycles. The molecule has 0 fully saturated rings. The van der Waals surface area contributed by atoms with Crippen LogP contribution < -0.4 is 10.1 Å². The normalized spacial score (nSPS) is 13.7. The van der Waals surface area contributed by atoms with Crippen LogP contribution in [0.2, 0.25) is 0 Å². The van der Waals surface area contributed by atoms with Gasteiger partial charge in [-0.05, 0) is 48.9 Å². The standard InChI is InChI=1S/C24H20N2O4/c1-16(26-23(28)20-9-5-6-10-21(20)24(26)29)22(27)25-18-11-13-19(14-12-18)30-15-17-7-3-2-4-8-17/h2-14,16H,15H2,1H3,(H,25,27)/t16-/m0/s1. The maximum Gasteiger partial charge on any atom is 0.262 e. The minimum absolute atomic E-state index is 0.321. The number of hydrogen-bond donors (Lipinski definition) is 1. The highest BCUT2D eigenvalue weighted by atomic mass is 16.5. The Bertz CT molecular complexity index is 1060. The summed E-state index contributed by atoms with van der Waals surface area (Å²) in [5.74, 6) is -0.682. The van der Waals surface area contributed by atoms with Crippen LogP contribution in [0.15, 0.2) is 78.9 Å². The fourth-order valence-corrected chi connectivity index (χ4v) is 3.30. The second-order valence-corrected chi connectivity index (χ2v) is 6.99. The number of imide groups is 1. The lowest BCUT2D eigenvalue weighted by atomic mass is 10.1. The number of fused-ring (bicyclic) bond motifs is 1. The highest BCUT2D eigenvalue weighted by molar-refractivity contribution is 6.23. The van der Waals surface area contributed by atoms with Gasteiger partial charge < -0.3 is 10.1 Å². The van der Waals surface area contributed by atoms with Crippen molar-refractivity contribution in [2.75, 3.05) is 5.32 Å². The summed E-state index contributed by atoms with van der Waals surface area (Å²) in [5.41, 5.74) is 2.25. The number of rotatable bonds is 6. The second-order valence-electron chi connectivity index (χ2n) is 6.99. The van der Waals surface area contributed by atoms with Crippen LogP contribution in [-0.4, -0.2) is 28.7 Å². The first-order valence-corrected chi connectivity index (χ1v) is 9.59. The van der Waals surface area contributed by atoms with Crippen molar-refractivity contribution in [3.05, 3.63) is 95.6 Å². The molecular formula is C24H20N2O4. The largest absolute Gasteiger partial charge is 0.489 e. The molecule has 30 heavy (non-hydrogen) atoms. The zero-order valence-electron chi connectivity index (χ0n) is 16.4. The first-order chi connectivity index (χ1) is 14.5. The van der Waals surface area contributed by atoms with E-state index in [4.69, 9.17) is 4.74 Å². The van der Waals surface area contributed by atoms with Gasteiger partial charge in [0.2, 0.25) is 5.91 Å². The molecule has 4 rings (SSSR count). The van der Waals surface area contributed by atoms with Gasteiger partial charge in [-0.15, -0.1) is 0 Å². The smallest absolute Gasteiger partial charge is 0.262 e. The van der Waals surface area contributed by atoms with Crippen LogP contribution >= 0.6 is 0 Å². The number of amides is 3. The molecule has 0 saturated carbocycles. The highest BCUT2D eigenvalue weighted by Gasteiger charge is 2.40. The van der Waals surface area contributed by atoms with E-state index in [1.807, 2.05) is 30.3 Å². The summed E-state index contributed by atoms with van der Waals surface area (Å²) < 4.78 is 5.73. The van der Waals surface area contributed by atoms with Gasteiger partial charge in [0.25, 0.3) is 11.8 Å². The molecular weight excluding hydrogens is 380 g/mol. The van der Waals surface area contributed by atoms with Gasteiger partial charge in [0, 0.05) is 5.69 Å². The number of benzene rings is 3. The molecule has 1 atom stereocenters. The van der Waals surface area contributed by atoms with Crippen LogP contribution in [0, 0.1) is 0 Å². The fraction of sp³-hybridized carbons (Fsp3) is 0.125. The van der Waals surface area contributed by atoms with E-state index in [-0.39, 0.29) is 0 Å². The van der Waals surface area contributed by atoms with Crippen molar-refractivity contribution in [1.82, 2.24) is 4.90 Å². The average molecular weight is 400 g/mol. The van der Waals surface area contributed by atoms with Crippen LogP contribution in [0.25, 0.3) is 0 Å². The van der Waals surface area contributed by atoms with E-state index in [1.165, 1.54) is 6.92 Å². The molecule has 0 spiro atoms. The Labute approximate surface area is 174 Å². The Balaban J connectivity index is 1.38. The molecule has 0 unspecified atom stereocenters. The molecule has 3 aromatic carbocycles. The summed E-state index contributed by atoms with van der Waals surface area (Å²) in [4.78, 5) is 38.7. The number of hydrogen-bond acceptors (Lipinski definition) is 4. The SMILES string of the molecule is C[C@@H](C(=O)Nc1ccc(OCc2ccccc2)cc1)N1C(=O)c2ccccc2C1=O. The van der Waals surface area contributed by atoms with Gasteiger partial charge in [0.15, 0.2) is 0 Å². The molecule has 1 heterocycles. The number of ether oxygens (including phenoxy) is 1. The van der Waals surface area contributed by atoms with Crippen molar-refractivity contribution >= 4 is 23.4 Å². The van der Waals surface area contributed by atoms with E-state index < -0.39 is 23.8 Å². The molecule has 0 radical (unpaired) electrons. The summed E-state index contributed by atoms with van der Waals surface area (Å²) in [6.07, 6.45) is 0. The van der Waals surface area contributed by atoms with Crippen molar-refractivity contribution in [2.45, 2.75) is 19.6 Å². The molecule has 3 amide bonds. The van der Waals surface area contributed by atoms with Gasteiger partial charge in [0.1, 0.15) is 18.4 Å². The second kappa shape index (κ2) is 8.21. The minimum atomic E-state index is -0.939. The fourth-order valence-electron chi connectivity index (χ4n) is 3.30. The number of anilines is 1. The first-order valence-electron chi connectivity index (χ1n) is 9.59. The predicted octanol–water partition coefficient (Wildman–Crippen LogP) is 3.89. The van der Waals surface area contributed by atoms with Crippen molar-refractivity contribution < 1.29 is 19.1 Å². The van der Waals surface area contributed by atoms with Gasteiger partial charge in [-0.3, -0.25) is 19.3 Å². The van der Waals surface area contributed by atoms with Crippen LogP contribution in [0.5, 0.6) is 5.75 Å². The molecule has 0 saturated heterocycles. The monoisotopic (exact) mass is 400 g/mol. The van der Waals surface area contributed by atoms with Gasteiger partial charge in [0.05, 0.1) is 11.1 Å². The average Bonchev–Trinajstić information content (AvgIpc) is 3.04. The van der Waals surface area contributed by atoms with E-state index in [2.05, 4.69) is 5.32 Å². The van der Waals surface area contributed by atoms with Crippen molar-refractivity contribution in [3.63, 3.8) is 0 Å². The third-order valence-corrected chi connectivity index (χ3v) is 4.96. The Morgan fingerprint density at radius 2 is 1.43 bits per heavy atom. The van der Waals surface area contributed by atoms with E-state index in [1.54, 1.807) is 48.5 Å². The third-order valence-electron chi connectivity index (χ3n) is 4.96. The zero-order valence-corrected chi connectivity index (χ0v) is 16.4. The predicted molar refractivity (Wildman–Crippen MR) is 112 cm³/mol. The van der Waals surface area contributed by atoms with E-state index in [0.717, 1.165) is 10.5 Å². The lowest BCUT2D eigenvalue weighted by Crippen LogP contribution is -2.45. The van der Waals surface area contributed by atoms with E-state index in [0.29, 0.717) is 29.2 Å². The lowest BCUT2D eigenvalue weighted by molar-refractivity contribution is -0.119. The zero-order chi connectivity index (χ0) is 21.1. The van der Waals surface area contributed by atoms with E-state index >= 15 is 0 Å². The number of carbonyl (C=O) groups excluding carboxylic acids is 3. The Kier molecular flexibility index (Phi) is 5.30. The molecule has 0 bridgehead atoms. The summed E-state index contributed by atoms with van der Waals surface area (Å²) in [6.45, 7) is 1.98. The molecule has 1 aliphatic rings. The maximum atomic E-state index is 12.6. The quantitative estimate of drug-likeness (QED) is 0.637. The van der Waals surface area contributed by atoms with Crippen LogP contribution in [0.4, 0.5) is 5.69 Å². The first kappa shape index (κ1) is 19.4. The van der Waals surface area contributed by atoms with Crippen LogP contribution in [-0.2, 0) is 11.4 Å². The Morgan fingerprint density at radius 1 is 0.867 bits per heavy atom. The topological polar surface area (TPSA) is 75.7 Å². The molecule has 3 aromatic rings. The van der Waals surface area contributed by atoms with Crippen molar-refractivity contribution in [1.29, 1.82) is 0 Å². The number of nitrogens with zero attached hydrogens (tertiary/aromatic N) is 1. The summed E-state index contributed by atoms with van der Waals surface area (Å²) in [6, 6.07) is 22.4.